The Morgan fingerprint density at radius 2 is 1.95 bits per heavy atom. The lowest BCUT2D eigenvalue weighted by Gasteiger charge is -2.15. The van der Waals surface area contributed by atoms with E-state index in [0.717, 1.165) is 5.56 Å². The summed E-state index contributed by atoms with van der Waals surface area (Å²) in [6.45, 7) is 1.90. The van der Waals surface area contributed by atoms with Crippen LogP contribution in [0.25, 0.3) is 0 Å². The Labute approximate surface area is 138 Å². The first-order valence-electron chi connectivity index (χ1n) is 6.84. The van der Waals surface area contributed by atoms with E-state index in [4.69, 9.17) is 0 Å². The number of nitrogens with one attached hydrogen (secondary N) is 2. The second-order valence-electron chi connectivity index (χ2n) is 4.76. The van der Waals surface area contributed by atoms with E-state index in [9.17, 15) is 9.59 Å². The predicted octanol–water partition coefficient (Wildman–Crippen LogP) is 3.08. The molecule has 116 valence electrons. The molecule has 0 bridgehead atoms. The summed E-state index contributed by atoms with van der Waals surface area (Å²) in [5, 5.41) is 9.07. The molecule has 0 radical (unpaired) electrons. The van der Waals surface area contributed by atoms with Crippen molar-refractivity contribution in [1.29, 1.82) is 0 Å². The monoisotopic (exact) mass is 334 g/mol. The Morgan fingerprint density at radius 3 is 2.55 bits per heavy atom. The number of hydrogen-bond acceptors (Lipinski definition) is 4. The molecule has 22 heavy (non-hydrogen) atoms. The van der Waals surface area contributed by atoms with Crippen molar-refractivity contribution in [1.82, 2.24) is 10.6 Å². The highest BCUT2D eigenvalue weighted by Gasteiger charge is 2.11. The molecule has 2 N–H and O–H groups in total. The van der Waals surface area contributed by atoms with Crippen LogP contribution >= 0.6 is 23.1 Å². The van der Waals surface area contributed by atoms with Crippen molar-refractivity contribution < 1.29 is 9.59 Å². The van der Waals surface area contributed by atoms with Gasteiger partial charge in [-0.05, 0) is 42.3 Å². The molecule has 0 saturated heterocycles. The molecule has 4 nitrogen and oxygen atoms in total. The Kier molecular flexibility index (Phi) is 6.03. The van der Waals surface area contributed by atoms with E-state index in [1.807, 2.05) is 42.8 Å². The Hall–Kier alpha value is -1.79. The third-order valence-electron chi connectivity index (χ3n) is 3.19. The fraction of sp³-hybridized carbons (Fsp3) is 0.250. The molecule has 0 aliphatic heterocycles. The standard InChI is InChI=1S/C16H18N2O2S2/c1-11(12-3-5-14(21-2)6-4-12)18-15(19)9-17-16(20)13-7-8-22-10-13/h3-8,10-11H,9H2,1-2H3,(H,17,20)(H,18,19)/t11-/m1/s1. The van der Waals surface area contributed by atoms with Gasteiger partial charge in [0, 0.05) is 15.8 Å². The molecule has 1 atom stereocenters. The first kappa shape index (κ1) is 16.6. The van der Waals surface area contributed by atoms with Crippen LogP contribution in [0.3, 0.4) is 0 Å². The average molecular weight is 334 g/mol. The van der Waals surface area contributed by atoms with Crippen LogP contribution in [0.1, 0.15) is 28.9 Å². The summed E-state index contributed by atoms with van der Waals surface area (Å²) >= 11 is 3.13. The van der Waals surface area contributed by atoms with Crippen molar-refractivity contribution in [2.45, 2.75) is 17.9 Å². The van der Waals surface area contributed by atoms with Gasteiger partial charge in [-0.15, -0.1) is 11.8 Å². The van der Waals surface area contributed by atoms with Crippen LogP contribution in [-0.4, -0.2) is 24.6 Å². The highest BCUT2D eigenvalue weighted by atomic mass is 32.2. The van der Waals surface area contributed by atoms with Gasteiger partial charge in [-0.2, -0.15) is 11.3 Å². The molecule has 1 aromatic heterocycles. The van der Waals surface area contributed by atoms with Gasteiger partial charge < -0.3 is 10.6 Å². The number of carbonyl (C=O) groups is 2. The second-order valence-corrected chi connectivity index (χ2v) is 6.42. The topological polar surface area (TPSA) is 58.2 Å². The van der Waals surface area contributed by atoms with Gasteiger partial charge >= 0.3 is 0 Å². The molecule has 0 unspecified atom stereocenters. The zero-order valence-corrected chi connectivity index (χ0v) is 14.1. The summed E-state index contributed by atoms with van der Waals surface area (Å²) < 4.78 is 0. The van der Waals surface area contributed by atoms with Gasteiger partial charge in [0.15, 0.2) is 0 Å². The lowest BCUT2D eigenvalue weighted by Crippen LogP contribution is -2.37. The van der Waals surface area contributed by atoms with Crippen LogP contribution in [0.15, 0.2) is 46.0 Å². The predicted molar refractivity (Wildman–Crippen MR) is 91.4 cm³/mol. The quantitative estimate of drug-likeness (QED) is 0.798. The van der Waals surface area contributed by atoms with Gasteiger partial charge in [-0.25, -0.2) is 0 Å². The van der Waals surface area contributed by atoms with Crippen LogP contribution in [0.2, 0.25) is 0 Å². The van der Waals surface area contributed by atoms with Gasteiger partial charge in [-0.3, -0.25) is 9.59 Å². The Morgan fingerprint density at radius 1 is 1.23 bits per heavy atom. The van der Waals surface area contributed by atoms with Gasteiger partial charge in [-0.1, -0.05) is 12.1 Å². The van der Waals surface area contributed by atoms with Crippen LogP contribution in [0.5, 0.6) is 0 Å². The van der Waals surface area contributed by atoms with Crippen LogP contribution in [0, 0.1) is 0 Å². The molecule has 0 fully saturated rings. The normalized spacial score (nSPS) is 11.7. The van der Waals surface area contributed by atoms with E-state index in [-0.39, 0.29) is 24.4 Å². The zero-order valence-electron chi connectivity index (χ0n) is 12.5. The molecule has 0 spiro atoms. The Balaban J connectivity index is 1.81. The highest BCUT2D eigenvalue weighted by molar-refractivity contribution is 7.98. The number of thioether (sulfide) groups is 1. The lowest BCUT2D eigenvalue weighted by molar-refractivity contribution is -0.120. The molecule has 0 aliphatic carbocycles. The van der Waals surface area contributed by atoms with E-state index >= 15 is 0 Å². The van der Waals surface area contributed by atoms with E-state index in [1.54, 1.807) is 23.2 Å². The van der Waals surface area contributed by atoms with Gasteiger partial charge in [0.25, 0.3) is 5.91 Å². The number of carbonyl (C=O) groups excluding carboxylic acids is 2. The summed E-state index contributed by atoms with van der Waals surface area (Å²) in [6, 6.07) is 9.69. The lowest BCUT2D eigenvalue weighted by atomic mass is 10.1. The minimum Gasteiger partial charge on any atom is -0.348 e. The van der Waals surface area contributed by atoms with E-state index in [0.29, 0.717) is 5.56 Å². The molecule has 2 amide bonds. The molecule has 1 heterocycles. The first-order chi connectivity index (χ1) is 10.6. The van der Waals surface area contributed by atoms with Crippen molar-refractivity contribution in [3.8, 4) is 0 Å². The molecule has 0 saturated carbocycles. The van der Waals surface area contributed by atoms with Gasteiger partial charge in [0.05, 0.1) is 12.6 Å². The molecule has 2 aromatic rings. The summed E-state index contributed by atoms with van der Waals surface area (Å²) in [7, 11) is 0. The number of amides is 2. The van der Waals surface area contributed by atoms with Crippen molar-refractivity contribution in [2.75, 3.05) is 12.8 Å². The first-order valence-corrected chi connectivity index (χ1v) is 9.00. The molecule has 2 rings (SSSR count). The largest absolute Gasteiger partial charge is 0.348 e. The zero-order chi connectivity index (χ0) is 15.9. The third kappa shape index (κ3) is 4.61. The third-order valence-corrected chi connectivity index (χ3v) is 4.61. The minimum absolute atomic E-state index is 0.0259. The average Bonchev–Trinajstić information content (AvgIpc) is 3.07. The smallest absolute Gasteiger partial charge is 0.252 e. The van der Waals surface area contributed by atoms with Crippen LogP contribution in [-0.2, 0) is 4.79 Å². The fourth-order valence-corrected chi connectivity index (χ4v) is 2.97. The number of benzene rings is 1. The van der Waals surface area contributed by atoms with Crippen molar-refractivity contribution in [3.05, 3.63) is 52.2 Å². The van der Waals surface area contributed by atoms with Crippen molar-refractivity contribution in [2.24, 2.45) is 0 Å². The highest BCUT2D eigenvalue weighted by Crippen LogP contribution is 2.18. The van der Waals surface area contributed by atoms with E-state index in [2.05, 4.69) is 10.6 Å². The maximum absolute atomic E-state index is 11.9. The van der Waals surface area contributed by atoms with Crippen molar-refractivity contribution >= 4 is 34.9 Å². The minimum atomic E-state index is -0.228. The van der Waals surface area contributed by atoms with Crippen molar-refractivity contribution in [3.63, 3.8) is 0 Å². The molecule has 6 heteroatoms. The van der Waals surface area contributed by atoms with Gasteiger partial charge in [0.2, 0.25) is 5.91 Å². The number of thiophene rings is 1. The summed E-state index contributed by atoms with van der Waals surface area (Å²) in [5.74, 6) is -0.432. The maximum Gasteiger partial charge on any atom is 0.252 e. The van der Waals surface area contributed by atoms with Crippen LogP contribution < -0.4 is 10.6 Å². The molecule has 0 aliphatic rings. The summed E-state index contributed by atoms with van der Waals surface area (Å²) in [4.78, 5) is 24.8. The van der Waals surface area contributed by atoms with Crippen LogP contribution in [0.4, 0.5) is 0 Å². The summed E-state index contributed by atoms with van der Waals surface area (Å²) in [6.07, 6.45) is 2.02. The number of rotatable bonds is 6. The SMILES string of the molecule is CSc1ccc([C@@H](C)NC(=O)CNC(=O)c2ccsc2)cc1. The van der Waals surface area contributed by atoms with E-state index in [1.165, 1.54) is 16.2 Å². The number of hydrogen-bond donors (Lipinski definition) is 2. The molecular formula is C16H18N2O2S2. The molecule has 1 aromatic carbocycles. The van der Waals surface area contributed by atoms with E-state index < -0.39 is 0 Å². The van der Waals surface area contributed by atoms with Gasteiger partial charge in [0.1, 0.15) is 0 Å². The summed E-state index contributed by atoms with van der Waals surface area (Å²) in [5.41, 5.74) is 1.62. The Bertz CT molecular complexity index is 624. The second kappa shape index (κ2) is 8.00. The maximum atomic E-state index is 11.9. The molecular weight excluding hydrogens is 316 g/mol. The fourth-order valence-electron chi connectivity index (χ4n) is 1.92.